The molecule has 0 aliphatic heterocycles. The third-order valence-corrected chi connectivity index (χ3v) is 8.39. The van der Waals surface area contributed by atoms with Crippen molar-refractivity contribution in [1.82, 2.24) is 9.55 Å². The molecule has 0 aliphatic carbocycles. The minimum Gasteiger partial charge on any atom is -0.326 e. The fourth-order valence-corrected chi connectivity index (χ4v) is 5.37. The van der Waals surface area contributed by atoms with Crippen LogP contribution < -0.4 is 5.32 Å². The molecule has 0 atom stereocenters. The van der Waals surface area contributed by atoms with Crippen molar-refractivity contribution in [3.05, 3.63) is 114 Å². The van der Waals surface area contributed by atoms with E-state index in [0.29, 0.717) is 23.6 Å². The smallest absolute Gasteiger partial charge is 0.228 e. The van der Waals surface area contributed by atoms with Crippen LogP contribution in [0.25, 0.3) is 22.4 Å². The first-order valence-electron chi connectivity index (χ1n) is 12.7. The second kappa shape index (κ2) is 10.8. The predicted octanol–water partition coefficient (Wildman–Crippen LogP) is 6.17. The van der Waals surface area contributed by atoms with Crippen LogP contribution in [0.3, 0.4) is 0 Å². The van der Waals surface area contributed by atoms with Gasteiger partial charge in [-0.3, -0.25) is 4.79 Å². The van der Waals surface area contributed by atoms with Crippen molar-refractivity contribution in [2.24, 2.45) is 0 Å². The van der Waals surface area contributed by atoms with Crippen LogP contribution in [0.15, 0.2) is 95.9 Å². The number of hydrogen-bond acceptors (Lipinski definition) is 4. The minimum atomic E-state index is -3.28. The predicted molar refractivity (Wildman–Crippen MR) is 152 cm³/mol. The molecule has 1 aromatic heterocycles. The number of aromatic nitrogens is 2. The number of carbonyl (C=O) groups is 1. The molecule has 5 rings (SSSR count). The van der Waals surface area contributed by atoms with Gasteiger partial charge in [-0.25, -0.2) is 17.8 Å². The van der Waals surface area contributed by atoms with Crippen LogP contribution in [0.4, 0.5) is 10.1 Å². The number of anilines is 1. The molecular weight excluding hydrogens is 513 g/mol. The summed E-state index contributed by atoms with van der Waals surface area (Å²) in [6.07, 6.45) is 0.117. The molecule has 1 N–H and O–H groups in total. The SMILES string of the molecule is CCS(=O)(=O)c1ccc(CC(=O)Nc2ccc(-c3nc4ccc(C)cc4n3Cc3ccccc3F)cc2)cc1. The summed E-state index contributed by atoms with van der Waals surface area (Å²) in [6, 6.07) is 26.5. The van der Waals surface area contributed by atoms with E-state index < -0.39 is 9.84 Å². The lowest BCUT2D eigenvalue weighted by Crippen LogP contribution is -2.14. The van der Waals surface area contributed by atoms with Crippen molar-refractivity contribution in [3.8, 4) is 11.4 Å². The summed E-state index contributed by atoms with van der Waals surface area (Å²) in [4.78, 5) is 17.7. The number of nitrogens with zero attached hydrogens (tertiary/aromatic N) is 2. The average molecular weight is 542 g/mol. The van der Waals surface area contributed by atoms with Crippen molar-refractivity contribution in [2.75, 3.05) is 11.1 Å². The zero-order chi connectivity index (χ0) is 27.6. The standard InChI is InChI=1S/C31H28FN3O3S/c1-3-39(37,38)26-15-9-22(10-16-26)19-30(36)33-25-13-11-23(12-14-25)31-34-28-17-8-21(2)18-29(28)35(31)20-24-6-4-5-7-27(24)32/h4-18H,3,19-20H2,1-2H3,(H,33,36). The van der Waals surface area contributed by atoms with Crippen LogP contribution in [0, 0.1) is 12.7 Å². The largest absolute Gasteiger partial charge is 0.326 e. The Kier molecular flexibility index (Phi) is 7.30. The summed E-state index contributed by atoms with van der Waals surface area (Å²) in [6.45, 7) is 3.94. The van der Waals surface area contributed by atoms with Crippen molar-refractivity contribution in [2.45, 2.75) is 31.7 Å². The zero-order valence-corrected chi connectivity index (χ0v) is 22.5. The number of sulfone groups is 1. The molecule has 5 aromatic rings. The number of fused-ring (bicyclic) bond motifs is 1. The third-order valence-electron chi connectivity index (χ3n) is 6.64. The van der Waals surface area contributed by atoms with Gasteiger partial charge in [0.1, 0.15) is 11.6 Å². The number of nitrogens with one attached hydrogen (secondary N) is 1. The van der Waals surface area contributed by atoms with Gasteiger partial charge in [-0.1, -0.05) is 43.3 Å². The highest BCUT2D eigenvalue weighted by Gasteiger charge is 2.16. The number of hydrogen-bond donors (Lipinski definition) is 1. The molecule has 0 radical (unpaired) electrons. The Balaban J connectivity index is 1.36. The van der Waals surface area contributed by atoms with Crippen LogP contribution in [-0.2, 0) is 27.6 Å². The maximum absolute atomic E-state index is 14.5. The molecule has 0 aliphatic rings. The second-order valence-electron chi connectivity index (χ2n) is 9.45. The fourth-order valence-electron chi connectivity index (χ4n) is 4.48. The van der Waals surface area contributed by atoms with E-state index in [1.165, 1.54) is 18.2 Å². The minimum absolute atomic E-state index is 0.0296. The first-order valence-corrected chi connectivity index (χ1v) is 14.3. The van der Waals surface area contributed by atoms with Gasteiger partial charge in [-0.15, -0.1) is 0 Å². The van der Waals surface area contributed by atoms with Gasteiger partial charge in [-0.05, 0) is 72.6 Å². The van der Waals surface area contributed by atoms with Gasteiger partial charge in [0, 0.05) is 16.8 Å². The summed E-state index contributed by atoms with van der Waals surface area (Å²) in [5.41, 5.74) is 5.58. The van der Waals surface area contributed by atoms with Crippen molar-refractivity contribution in [3.63, 3.8) is 0 Å². The Morgan fingerprint density at radius 3 is 2.36 bits per heavy atom. The van der Waals surface area contributed by atoms with Gasteiger partial charge in [-0.2, -0.15) is 0 Å². The average Bonchev–Trinajstić information content (AvgIpc) is 3.28. The lowest BCUT2D eigenvalue weighted by molar-refractivity contribution is -0.115. The Morgan fingerprint density at radius 2 is 1.67 bits per heavy atom. The van der Waals surface area contributed by atoms with E-state index in [1.807, 2.05) is 60.0 Å². The maximum Gasteiger partial charge on any atom is 0.228 e. The van der Waals surface area contributed by atoms with Crippen LogP contribution >= 0.6 is 0 Å². The molecule has 1 amide bonds. The first-order chi connectivity index (χ1) is 18.7. The molecular formula is C31H28FN3O3S. The molecule has 0 saturated heterocycles. The summed E-state index contributed by atoms with van der Waals surface area (Å²) in [5, 5.41) is 2.89. The molecule has 0 bridgehead atoms. The number of benzene rings is 4. The second-order valence-corrected chi connectivity index (χ2v) is 11.7. The van der Waals surface area contributed by atoms with Gasteiger partial charge >= 0.3 is 0 Å². The first kappa shape index (κ1) is 26.3. The van der Waals surface area contributed by atoms with Crippen LogP contribution in [0.2, 0.25) is 0 Å². The van der Waals surface area contributed by atoms with Gasteiger partial charge < -0.3 is 9.88 Å². The van der Waals surface area contributed by atoms with Crippen LogP contribution in [0.1, 0.15) is 23.6 Å². The van der Waals surface area contributed by atoms with Crippen molar-refractivity contribution < 1.29 is 17.6 Å². The molecule has 39 heavy (non-hydrogen) atoms. The Morgan fingerprint density at radius 1 is 0.949 bits per heavy atom. The number of aryl methyl sites for hydroxylation is 1. The third kappa shape index (κ3) is 5.76. The van der Waals surface area contributed by atoms with Gasteiger partial charge in [0.2, 0.25) is 5.91 Å². The molecule has 0 saturated carbocycles. The topological polar surface area (TPSA) is 81.1 Å². The van der Waals surface area contributed by atoms with Crippen LogP contribution in [-0.4, -0.2) is 29.6 Å². The number of imidazole rings is 1. The highest BCUT2D eigenvalue weighted by Crippen LogP contribution is 2.28. The number of rotatable bonds is 8. The number of halogens is 1. The molecule has 6 nitrogen and oxygen atoms in total. The Hall–Kier alpha value is -4.30. The van der Waals surface area contributed by atoms with E-state index in [1.54, 1.807) is 31.2 Å². The summed E-state index contributed by atoms with van der Waals surface area (Å²) in [7, 11) is -3.28. The monoisotopic (exact) mass is 541 g/mol. The molecule has 8 heteroatoms. The summed E-state index contributed by atoms with van der Waals surface area (Å²) < 4.78 is 40.5. The van der Waals surface area contributed by atoms with E-state index >= 15 is 0 Å². The van der Waals surface area contributed by atoms with Crippen molar-refractivity contribution >= 4 is 32.5 Å². The van der Waals surface area contributed by atoms with E-state index in [0.717, 1.165) is 27.7 Å². The highest BCUT2D eigenvalue weighted by atomic mass is 32.2. The van der Waals surface area contributed by atoms with Crippen LogP contribution in [0.5, 0.6) is 0 Å². The summed E-state index contributed by atoms with van der Waals surface area (Å²) in [5.74, 6) is 0.259. The van der Waals surface area contributed by atoms with E-state index in [4.69, 9.17) is 4.98 Å². The van der Waals surface area contributed by atoms with Gasteiger partial charge in [0.25, 0.3) is 0 Å². The Bertz CT molecular complexity index is 1760. The molecule has 4 aromatic carbocycles. The normalized spacial score (nSPS) is 11.6. The van der Waals surface area contributed by atoms with Gasteiger partial charge in [0.05, 0.1) is 34.6 Å². The summed E-state index contributed by atoms with van der Waals surface area (Å²) >= 11 is 0. The highest BCUT2D eigenvalue weighted by molar-refractivity contribution is 7.91. The molecule has 0 unspecified atom stereocenters. The van der Waals surface area contributed by atoms with E-state index in [9.17, 15) is 17.6 Å². The number of amides is 1. The number of carbonyl (C=O) groups excluding carboxylic acids is 1. The van der Waals surface area contributed by atoms with Crippen molar-refractivity contribution in [1.29, 1.82) is 0 Å². The quantitative estimate of drug-likeness (QED) is 0.255. The molecule has 1 heterocycles. The van der Waals surface area contributed by atoms with E-state index in [2.05, 4.69) is 5.32 Å². The fraction of sp³-hybridized carbons (Fsp3) is 0.161. The lowest BCUT2D eigenvalue weighted by Gasteiger charge is -2.12. The molecule has 0 spiro atoms. The maximum atomic E-state index is 14.5. The lowest BCUT2D eigenvalue weighted by atomic mass is 10.1. The molecule has 0 fully saturated rings. The Labute approximate surface area is 227 Å². The molecule has 198 valence electrons. The zero-order valence-electron chi connectivity index (χ0n) is 21.7. The van der Waals surface area contributed by atoms with Gasteiger partial charge in [0.15, 0.2) is 9.84 Å². The van der Waals surface area contributed by atoms with E-state index in [-0.39, 0.29) is 28.8 Å².